The number of unbranched alkanes of at least 4 members (excludes halogenated alkanes) is 4. The van der Waals surface area contributed by atoms with Gasteiger partial charge in [0.05, 0.1) is 6.61 Å². The minimum absolute atomic E-state index is 0.105. The molecule has 1 saturated heterocycles. The number of esters is 1. The van der Waals surface area contributed by atoms with Gasteiger partial charge in [-0.2, -0.15) is 0 Å². The number of hydrogen-bond acceptors (Lipinski definition) is 4. The maximum atomic E-state index is 11.6. The van der Waals surface area contributed by atoms with Gasteiger partial charge in [0.2, 0.25) is 6.29 Å². The molecule has 4 heteroatoms. The predicted molar refractivity (Wildman–Crippen MR) is 131 cm³/mol. The monoisotopic (exact) mass is 454 g/mol. The van der Waals surface area contributed by atoms with E-state index >= 15 is 0 Å². The first-order valence-electron chi connectivity index (χ1n) is 13.3. The zero-order valence-electron chi connectivity index (χ0n) is 20.7. The van der Waals surface area contributed by atoms with E-state index in [4.69, 9.17) is 14.2 Å². The summed E-state index contributed by atoms with van der Waals surface area (Å²) in [5, 5.41) is 0. The second-order valence-electron chi connectivity index (χ2n) is 10.6. The highest BCUT2D eigenvalue weighted by atomic mass is 16.7. The summed E-state index contributed by atoms with van der Waals surface area (Å²) in [7, 11) is 0. The highest BCUT2D eigenvalue weighted by Gasteiger charge is 2.48. The molecule has 1 aliphatic heterocycles. The van der Waals surface area contributed by atoms with E-state index in [0.717, 1.165) is 5.56 Å². The molecule has 4 fully saturated rings. The van der Waals surface area contributed by atoms with Crippen LogP contribution in [-0.2, 0) is 24.4 Å². The number of ether oxygens (including phenoxy) is 3. The van der Waals surface area contributed by atoms with Gasteiger partial charge in [0.25, 0.3) is 0 Å². The van der Waals surface area contributed by atoms with E-state index in [-0.39, 0.29) is 12.7 Å². The van der Waals surface area contributed by atoms with E-state index in [2.05, 4.69) is 31.2 Å². The highest BCUT2D eigenvalue weighted by molar-refractivity contribution is 5.81. The average Bonchev–Trinajstić information content (AvgIpc) is 2.86. The molecule has 5 rings (SSSR count). The van der Waals surface area contributed by atoms with Gasteiger partial charge in [-0.1, -0.05) is 69.4 Å². The normalized spacial score (nSPS) is 31.7. The third-order valence-corrected chi connectivity index (χ3v) is 8.52. The van der Waals surface area contributed by atoms with Crippen LogP contribution in [0, 0.1) is 5.41 Å². The van der Waals surface area contributed by atoms with Crippen LogP contribution in [0.25, 0.3) is 0 Å². The smallest absolute Gasteiger partial charge is 0.332 e. The molecule has 2 unspecified atom stereocenters. The molecule has 0 amide bonds. The van der Waals surface area contributed by atoms with Crippen LogP contribution in [0.1, 0.15) is 108 Å². The molecule has 1 heterocycles. The standard InChI is InChI=1S/C29H42O4/c1-3-5-6-7-8-14-28-15-18-29(19-16-28,20-17-28)24-12-10-23(11-13-24)25-21-32-27(22-31-25)33-26(30)9-4-2/h4,9-13,25,27H,3,5-8,14-22H2,1-2H3. The van der Waals surface area contributed by atoms with E-state index < -0.39 is 12.3 Å². The van der Waals surface area contributed by atoms with Crippen molar-refractivity contribution in [1.29, 1.82) is 0 Å². The minimum atomic E-state index is -0.625. The zero-order chi connectivity index (χ0) is 23.2. The number of carbonyl (C=O) groups excluding carboxylic acids is 1. The topological polar surface area (TPSA) is 44.8 Å². The molecule has 3 saturated carbocycles. The molecule has 1 aromatic rings. The molecule has 0 aromatic heterocycles. The Balaban J connectivity index is 1.27. The SMILES string of the molecule is CC=CC(=O)OC1COC(c2ccc(C34CCC(CCCCCCC)(CC3)CC4)cc2)CO1. The molecular formula is C29H42O4. The van der Waals surface area contributed by atoms with Crippen LogP contribution < -0.4 is 0 Å². The van der Waals surface area contributed by atoms with Gasteiger partial charge in [-0.3, -0.25) is 0 Å². The van der Waals surface area contributed by atoms with E-state index in [9.17, 15) is 4.79 Å². The summed E-state index contributed by atoms with van der Waals surface area (Å²) >= 11 is 0. The average molecular weight is 455 g/mol. The molecule has 0 spiro atoms. The number of rotatable bonds is 10. The molecule has 1 aromatic carbocycles. The van der Waals surface area contributed by atoms with Crippen LogP contribution in [0.2, 0.25) is 0 Å². The Morgan fingerprint density at radius 1 is 0.970 bits per heavy atom. The highest BCUT2D eigenvalue weighted by Crippen LogP contribution is 2.59. The van der Waals surface area contributed by atoms with Gasteiger partial charge in [0.1, 0.15) is 12.7 Å². The molecular weight excluding hydrogens is 412 g/mol. The van der Waals surface area contributed by atoms with Crippen molar-refractivity contribution < 1.29 is 19.0 Å². The van der Waals surface area contributed by atoms with E-state index in [1.54, 1.807) is 13.0 Å². The fourth-order valence-electron chi connectivity index (χ4n) is 6.28. The number of allylic oxidation sites excluding steroid dienone is 1. The molecule has 182 valence electrons. The summed E-state index contributed by atoms with van der Waals surface area (Å²) in [6.45, 7) is 4.74. The largest absolute Gasteiger partial charge is 0.430 e. The van der Waals surface area contributed by atoms with Crippen molar-refractivity contribution in [2.24, 2.45) is 5.41 Å². The first kappa shape index (κ1) is 24.5. The molecule has 2 bridgehead atoms. The van der Waals surface area contributed by atoms with Crippen LogP contribution in [0.4, 0.5) is 0 Å². The van der Waals surface area contributed by atoms with Crippen LogP contribution in [0.3, 0.4) is 0 Å². The number of fused-ring (bicyclic) bond motifs is 3. The van der Waals surface area contributed by atoms with Gasteiger partial charge in [-0.15, -0.1) is 0 Å². The summed E-state index contributed by atoms with van der Waals surface area (Å²) in [6, 6.07) is 9.10. The Morgan fingerprint density at radius 2 is 1.67 bits per heavy atom. The summed E-state index contributed by atoms with van der Waals surface area (Å²) in [5.74, 6) is -0.395. The fourth-order valence-corrected chi connectivity index (χ4v) is 6.28. The molecule has 3 aliphatic carbocycles. The second kappa shape index (κ2) is 11.2. The maximum absolute atomic E-state index is 11.6. The number of benzene rings is 1. The van der Waals surface area contributed by atoms with E-state index in [1.165, 1.54) is 88.7 Å². The lowest BCUT2D eigenvalue weighted by Gasteiger charge is -2.54. The van der Waals surface area contributed by atoms with E-state index in [0.29, 0.717) is 17.4 Å². The first-order valence-corrected chi connectivity index (χ1v) is 13.3. The lowest BCUT2D eigenvalue weighted by atomic mass is 9.51. The summed E-state index contributed by atoms with van der Waals surface area (Å²) in [6.07, 6.45) is 19.1. The van der Waals surface area contributed by atoms with Gasteiger partial charge in [0, 0.05) is 6.08 Å². The van der Waals surface area contributed by atoms with Gasteiger partial charge < -0.3 is 14.2 Å². The molecule has 33 heavy (non-hydrogen) atoms. The van der Waals surface area contributed by atoms with Crippen molar-refractivity contribution in [3.8, 4) is 0 Å². The van der Waals surface area contributed by atoms with Crippen molar-refractivity contribution in [2.75, 3.05) is 13.2 Å². The Bertz CT molecular complexity index is 764. The lowest BCUT2D eigenvalue weighted by Crippen LogP contribution is -2.44. The molecule has 4 nitrogen and oxygen atoms in total. The second-order valence-corrected chi connectivity index (χ2v) is 10.6. The van der Waals surface area contributed by atoms with Gasteiger partial charge in [-0.05, 0) is 73.8 Å². The van der Waals surface area contributed by atoms with Crippen LogP contribution in [0.5, 0.6) is 0 Å². The molecule has 2 atom stereocenters. The van der Waals surface area contributed by atoms with Gasteiger partial charge in [-0.25, -0.2) is 4.79 Å². The third-order valence-electron chi connectivity index (χ3n) is 8.52. The number of carbonyl (C=O) groups is 1. The van der Waals surface area contributed by atoms with Crippen molar-refractivity contribution in [3.05, 3.63) is 47.5 Å². The first-order chi connectivity index (χ1) is 16.1. The summed E-state index contributed by atoms with van der Waals surface area (Å²) in [5.41, 5.74) is 3.69. The number of hydrogen-bond donors (Lipinski definition) is 0. The third kappa shape index (κ3) is 5.89. The van der Waals surface area contributed by atoms with Crippen LogP contribution in [-0.4, -0.2) is 25.5 Å². The Morgan fingerprint density at radius 3 is 2.27 bits per heavy atom. The molecule has 0 radical (unpaired) electrons. The van der Waals surface area contributed by atoms with Crippen molar-refractivity contribution in [1.82, 2.24) is 0 Å². The fraction of sp³-hybridized carbons (Fsp3) is 0.690. The Labute approximate surface area is 200 Å². The minimum Gasteiger partial charge on any atom is -0.430 e. The Hall–Kier alpha value is -1.65. The van der Waals surface area contributed by atoms with Gasteiger partial charge >= 0.3 is 5.97 Å². The van der Waals surface area contributed by atoms with Crippen LogP contribution >= 0.6 is 0 Å². The molecule has 4 aliphatic rings. The van der Waals surface area contributed by atoms with E-state index in [1.807, 2.05) is 0 Å². The van der Waals surface area contributed by atoms with Gasteiger partial charge in [0.15, 0.2) is 0 Å². The van der Waals surface area contributed by atoms with Crippen molar-refractivity contribution in [2.45, 2.75) is 109 Å². The molecule has 0 N–H and O–H groups in total. The van der Waals surface area contributed by atoms with Crippen LogP contribution in [0.15, 0.2) is 36.4 Å². The predicted octanol–water partition coefficient (Wildman–Crippen LogP) is 7.17. The Kier molecular flexibility index (Phi) is 8.29. The lowest BCUT2D eigenvalue weighted by molar-refractivity contribution is -0.230. The quantitative estimate of drug-likeness (QED) is 0.213. The summed E-state index contributed by atoms with van der Waals surface area (Å²) in [4.78, 5) is 11.6. The summed E-state index contributed by atoms with van der Waals surface area (Å²) < 4.78 is 16.9. The maximum Gasteiger partial charge on any atom is 0.332 e. The zero-order valence-corrected chi connectivity index (χ0v) is 20.7. The van der Waals surface area contributed by atoms with Crippen molar-refractivity contribution >= 4 is 5.97 Å². The van der Waals surface area contributed by atoms with Crippen molar-refractivity contribution in [3.63, 3.8) is 0 Å².